The minimum Gasteiger partial charge on any atom is -0.462 e. The molecule has 0 aromatic carbocycles. The molecule has 0 spiro atoms. The Morgan fingerprint density at radius 1 is 1.39 bits per heavy atom. The molecule has 6 nitrogen and oxygen atoms in total. The van der Waals surface area contributed by atoms with Crippen molar-refractivity contribution in [3.63, 3.8) is 0 Å². The molecule has 1 rings (SSSR count). The van der Waals surface area contributed by atoms with Gasteiger partial charge in [-0.3, -0.25) is 4.79 Å². The Kier molecular flexibility index (Phi) is 5.35. The first-order valence-electron chi connectivity index (χ1n) is 5.82. The van der Waals surface area contributed by atoms with E-state index in [9.17, 15) is 14.4 Å². The molecule has 6 heteroatoms. The van der Waals surface area contributed by atoms with Gasteiger partial charge in [-0.2, -0.15) is 0 Å². The topological polar surface area (TPSA) is 81.7 Å². The molecule has 100 valence electrons. The zero-order valence-electron chi connectivity index (χ0n) is 10.5. The van der Waals surface area contributed by atoms with Gasteiger partial charge in [-0.05, 0) is 20.3 Å². The zero-order chi connectivity index (χ0) is 13.5. The standard InChI is InChI=1S/C12H17NO5/c1-8(2)18-11(15)4-3-10(14)17-7-9-5-6-13-12(9)16/h3-4,8-9H,5-7H2,1-2H3,(H,13,16)/b4-3+. The van der Waals surface area contributed by atoms with Crippen molar-refractivity contribution in [3.8, 4) is 0 Å². The zero-order valence-corrected chi connectivity index (χ0v) is 10.5. The van der Waals surface area contributed by atoms with Crippen LogP contribution in [0.1, 0.15) is 20.3 Å². The molecule has 0 saturated carbocycles. The molecule has 1 N–H and O–H groups in total. The maximum Gasteiger partial charge on any atom is 0.331 e. The number of esters is 2. The third kappa shape index (κ3) is 4.99. The summed E-state index contributed by atoms with van der Waals surface area (Å²) in [6.45, 7) is 4.07. The van der Waals surface area contributed by atoms with E-state index >= 15 is 0 Å². The van der Waals surface area contributed by atoms with Gasteiger partial charge in [0.25, 0.3) is 0 Å². The highest BCUT2D eigenvalue weighted by molar-refractivity contribution is 5.91. The molecule has 0 bridgehead atoms. The van der Waals surface area contributed by atoms with E-state index in [1.165, 1.54) is 0 Å². The summed E-state index contributed by atoms with van der Waals surface area (Å²) in [5.74, 6) is -1.65. The fourth-order valence-electron chi connectivity index (χ4n) is 1.44. The largest absolute Gasteiger partial charge is 0.462 e. The number of ether oxygens (including phenoxy) is 2. The molecule has 1 aliphatic heterocycles. The van der Waals surface area contributed by atoms with E-state index in [0.29, 0.717) is 13.0 Å². The average Bonchev–Trinajstić information content (AvgIpc) is 2.68. The molecule has 1 aliphatic rings. The van der Waals surface area contributed by atoms with Crippen LogP contribution in [0.2, 0.25) is 0 Å². The molecule has 0 aliphatic carbocycles. The summed E-state index contributed by atoms with van der Waals surface area (Å²) < 4.78 is 9.66. The van der Waals surface area contributed by atoms with Crippen LogP contribution in [-0.2, 0) is 23.9 Å². The number of carbonyl (C=O) groups is 3. The maximum absolute atomic E-state index is 11.2. The minimum atomic E-state index is -0.657. The molecule has 0 radical (unpaired) electrons. The molecule has 1 fully saturated rings. The smallest absolute Gasteiger partial charge is 0.331 e. The lowest BCUT2D eigenvalue weighted by molar-refractivity contribution is -0.143. The van der Waals surface area contributed by atoms with Crippen LogP contribution in [0, 0.1) is 5.92 Å². The fourth-order valence-corrected chi connectivity index (χ4v) is 1.44. The maximum atomic E-state index is 11.2. The van der Waals surface area contributed by atoms with Crippen LogP contribution in [0.3, 0.4) is 0 Å². The summed E-state index contributed by atoms with van der Waals surface area (Å²) in [6.07, 6.45) is 2.43. The number of rotatable bonds is 5. The van der Waals surface area contributed by atoms with Gasteiger partial charge in [-0.15, -0.1) is 0 Å². The molecule has 0 aromatic heterocycles. The molecule has 18 heavy (non-hydrogen) atoms. The Morgan fingerprint density at radius 2 is 2.06 bits per heavy atom. The van der Waals surface area contributed by atoms with Gasteiger partial charge in [0.1, 0.15) is 6.61 Å². The summed E-state index contributed by atoms with van der Waals surface area (Å²) in [5, 5.41) is 2.64. The molecule has 1 heterocycles. The van der Waals surface area contributed by atoms with Crippen molar-refractivity contribution >= 4 is 17.8 Å². The normalized spacial score (nSPS) is 19.1. The monoisotopic (exact) mass is 255 g/mol. The second-order valence-corrected chi connectivity index (χ2v) is 4.23. The Labute approximate surface area is 105 Å². The highest BCUT2D eigenvalue weighted by Gasteiger charge is 2.24. The van der Waals surface area contributed by atoms with Crippen LogP contribution in [0.25, 0.3) is 0 Å². The lowest BCUT2D eigenvalue weighted by atomic mass is 10.1. The summed E-state index contributed by atoms with van der Waals surface area (Å²) >= 11 is 0. The van der Waals surface area contributed by atoms with Crippen molar-refractivity contribution < 1.29 is 23.9 Å². The van der Waals surface area contributed by atoms with Crippen molar-refractivity contribution in [3.05, 3.63) is 12.2 Å². The number of nitrogens with one attached hydrogen (secondary N) is 1. The van der Waals surface area contributed by atoms with Crippen LogP contribution >= 0.6 is 0 Å². The number of hydrogen-bond donors (Lipinski definition) is 1. The van der Waals surface area contributed by atoms with Crippen molar-refractivity contribution in [1.82, 2.24) is 5.32 Å². The van der Waals surface area contributed by atoms with E-state index in [-0.39, 0.29) is 24.5 Å². The fraction of sp³-hybridized carbons (Fsp3) is 0.583. The second kappa shape index (κ2) is 6.78. The van der Waals surface area contributed by atoms with E-state index in [1.807, 2.05) is 0 Å². The quantitative estimate of drug-likeness (QED) is 0.559. The highest BCUT2D eigenvalue weighted by Crippen LogP contribution is 2.09. The first-order chi connectivity index (χ1) is 8.49. The molecule has 0 aromatic rings. The van der Waals surface area contributed by atoms with Gasteiger partial charge in [0, 0.05) is 18.7 Å². The summed E-state index contributed by atoms with van der Waals surface area (Å²) in [7, 11) is 0. The van der Waals surface area contributed by atoms with E-state index in [0.717, 1.165) is 12.2 Å². The van der Waals surface area contributed by atoms with E-state index < -0.39 is 11.9 Å². The van der Waals surface area contributed by atoms with Crippen LogP contribution in [-0.4, -0.2) is 37.1 Å². The number of carbonyl (C=O) groups excluding carboxylic acids is 3. The van der Waals surface area contributed by atoms with Gasteiger partial charge >= 0.3 is 11.9 Å². The third-order valence-electron chi connectivity index (χ3n) is 2.30. The minimum absolute atomic E-state index is 0.0359. The summed E-state index contributed by atoms with van der Waals surface area (Å²) in [6, 6.07) is 0. The Balaban J connectivity index is 2.26. The lowest BCUT2D eigenvalue weighted by Gasteiger charge is -2.06. The van der Waals surface area contributed by atoms with Crippen LogP contribution < -0.4 is 5.32 Å². The van der Waals surface area contributed by atoms with E-state index in [4.69, 9.17) is 9.47 Å². The summed E-state index contributed by atoms with van der Waals surface area (Å²) in [4.78, 5) is 33.5. The molecule has 1 amide bonds. The Hall–Kier alpha value is -1.85. The highest BCUT2D eigenvalue weighted by atomic mass is 16.5. The predicted octanol–water partition coefficient (Wildman–Crippen LogP) is 0.174. The molecule has 1 unspecified atom stereocenters. The Bertz CT molecular complexity index is 361. The van der Waals surface area contributed by atoms with Crippen molar-refractivity contribution in [2.45, 2.75) is 26.4 Å². The summed E-state index contributed by atoms with van der Waals surface area (Å²) in [5.41, 5.74) is 0. The molecule has 1 saturated heterocycles. The third-order valence-corrected chi connectivity index (χ3v) is 2.30. The van der Waals surface area contributed by atoms with Gasteiger partial charge in [-0.1, -0.05) is 0 Å². The molecular formula is C12H17NO5. The van der Waals surface area contributed by atoms with E-state index in [2.05, 4.69) is 5.32 Å². The number of amides is 1. The predicted molar refractivity (Wildman–Crippen MR) is 62.4 cm³/mol. The van der Waals surface area contributed by atoms with Gasteiger partial charge in [0.15, 0.2) is 0 Å². The van der Waals surface area contributed by atoms with Gasteiger partial charge in [0.05, 0.1) is 12.0 Å². The Morgan fingerprint density at radius 3 is 2.61 bits per heavy atom. The first kappa shape index (κ1) is 14.2. The van der Waals surface area contributed by atoms with Gasteiger partial charge < -0.3 is 14.8 Å². The van der Waals surface area contributed by atoms with Crippen molar-refractivity contribution in [1.29, 1.82) is 0 Å². The van der Waals surface area contributed by atoms with Crippen LogP contribution in [0.15, 0.2) is 12.2 Å². The van der Waals surface area contributed by atoms with Crippen molar-refractivity contribution in [2.75, 3.05) is 13.2 Å². The van der Waals surface area contributed by atoms with Crippen LogP contribution in [0.5, 0.6) is 0 Å². The average molecular weight is 255 g/mol. The molecular weight excluding hydrogens is 238 g/mol. The van der Waals surface area contributed by atoms with Crippen LogP contribution in [0.4, 0.5) is 0 Å². The van der Waals surface area contributed by atoms with E-state index in [1.54, 1.807) is 13.8 Å². The lowest BCUT2D eigenvalue weighted by Crippen LogP contribution is -2.23. The second-order valence-electron chi connectivity index (χ2n) is 4.23. The van der Waals surface area contributed by atoms with Gasteiger partial charge in [-0.25, -0.2) is 9.59 Å². The molecule has 1 atom stereocenters. The van der Waals surface area contributed by atoms with Crippen molar-refractivity contribution in [2.24, 2.45) is 5.92 Å². The SMILES string of the molecule is CC(C)OC(=O)/C=C/C(=O)OCC1CCNC1=O. The first-order valence-corrected chi connectivity index (χ1v) is 5.82. The van der Waals surface area contributed by atoms with Gasteiger partial charge in [0.2, 0.25) is 5.91 Å². The number of hydrogen-bond acceptors (Lipinski definition) is 5.